The van der Waals surface area contributed by atoms with Crippen LogP contribution in [0.4, 0.5) is 0 Å². The minimum Gasteiger partial charge on any atom is -0.394 e. The minimum atomic E-state index is -0.137. The van der Waals surface area contributed by atoms with Crippen LogP contribution >= 0.6 is 0 Å². The Bertz CT molecular complexity index is 629. The van der Waals surface area contributed by atoms with Crippen molar-refractivity contribution in [1.29, 1.82) is 0 Å². The van der Waals surface area contributed by atoms with Gasteiger partial charge in [0.1, 0.15) is 5.69 Å². The number of amides is 1. The summed E-state index contributed by atoms with van der Waals surface area (Å²) in [5, 5.41) is 9.40. The molecule has 1 aliphatic rings. The Hall–Kier alpha value is -2.01. The normalized spacial score (nSPS) is 19.2. The molecule has 1 aromatic carbocycles. The summed E-state index contributed by atoms with van der Waals surface area (Å²) >= 11 is 0. The Morgan fingerprint density at radius 1 is 1.30 bits per heavy atom. The zero-order valence-electron chi connectivity index (χ0n) is 11.2. The number of fused-ring (bicyclic) bond motifs is 1. The Morgan fingerprint density at radius 3 is 2.90 bits per heavy atom. The van der Waals surface area contributed by atoms with Gasteiger partial charge in [0.2, 0.25) is 0 Å². The lowest BCUT2D eigenvalue weighted by molar-refractivity contribution is 0.0497. The third-order valence-electron chi connectivity index (χ3n) is 3.77. The van der Waals surface area contributed by atoms with E-state index in [1.54, 1.807) is 4.90 Å². The number of aliphatic hydroxyl groups is 1. The smallest absolute Gasteiger partial charge is 0.274 e. The molecule has 1 aliphatic heterocycles. The van der Waals surface area contributed by atoms with Crippen LogP contribution in [0.3, 0.4) is 0 Å². The van der Waals surface area contributed by atoms with E-state index < -0.39 is 0 Å². The third kappa shape index (κ3) is 2.36. The van der Waals surface area contributed by atoms with Crippen molar-refractivity contribution in [3.05, 3.63) is 36.2 Å². The summed E-state index contributed by atoms with van der Waals surface area (Å²) in [6.45, 7) is 0.686. The maximum absolute atomic E-state index is 12.5. The first-order valence-electron chi connectivity index (χ1n) is 6.93. The molecule has 2 heterocycles. The van der Waals surface area contributed by atoms with E-state index in [1.165, 1.54) is 6.20 Å². The van der Waals surface area contributed by atoms with Gasteiger partial charge < -0.3 is 10.0 Å². The van der Waals surface area contributed by atoms with Crippen LogP contribution in [0.15, 0.2) is 30.5 Å². The number of hydrogen-bond acceptors (Lipinski definition) is 4. The molecule has 1 saturated heterocycles. The van der Waals surface area contributed by atoms with E-state index in [4.69, 9.17) is 0 Å². The van der Waals surface area contributed by atoms with Gasteiger partial charge in [-0.3, -0.25) is 9.78 Å². The summed E-state index contributed by atoms with van der Waals surface area (Å²) in [6.07, 6.45) is 4.40. The van der Waals surface area contributed by atoms with Gasteiger partial charge in [-0.25, -0.2) is 4.98 Å². The molecule has 1 atom stereocenters. The molecule has 1 aromatic heterocycles. The molecule has 0 bridgehead atoms. The summed E-state index contributed by atoms with van der Waals surface area (Å²) in [6, 6.07) is 7.39. The SMILES string of the molecule is O=C(c1cnc2ccccc2n1)N1CCCCC1CO. The number of nitrogens with zero attached hydrogens (tertiary/aromatic N) is 3. The number of aromatic nitrogens is 2. The van der Waals surface area contributed by atoms with Crippen molar-refractivity contribution >= 4 is 16.9 Å². The lowest BCUT2D eigenvalue weighted by Crippen LogP contribution is -2.45. The first-order chi connectivity index (χ1) is 9.79. The van der Waals surface area contributed by atoms with Crippen molar-refractivity contribution in [1.82, 2.24) is 14.9 Å². The summed E-state index contributed by atoms with van der Waals surface area (Å²) in [4.78, 5) is 22.9. The fraction of sp³-hybridized carbons (Fsp3) is 0.400. The van der Waals surface area contributed by atoms with Crippen LogP contribution in [0.1, 0.15) is 29.8 Å². The number of aliphatic hydroxyl groups excluding tert-OH is 1. The molecule has 5 heteroatoms. The molecule has 0 aliphatic carbocycles. The van der Waals surface area contributed by atoms with E-state index in [0.717, 1.165) is 30.3 Å². The van der Waals surface area contributed by atoms with Gasteiger partial charge >= 0.3 is 0 Å². The van der Waals surface area contributed by atoms with Gasteiger partial charge in [0.15, 0.2) is 0 Å². The predicted octanol–water partition coefficient (Wildman–Crippen LogP) is 1.62. The molecule has 2 aromatic rings. The van der Waals surface area contributed by atoms with Crippen LogP contribution in [0.25, 0.3) is 11.0 Å². The molecule has 20 heavy (non-hydrogen) atoms. The van der Waals surface area contributed by atoms with E-state index >= 15 is 0 Å². The molecular formula is C15H17N3O2. The zero-order valence-corrected chi connectivity index (χ0v) is 11.2. The van der Waals surface area contributed by atoms with Crippen LogP contribution in [0.2, 0.25) is 0 Å². The molecular weight excluding hydrogens is 254 g/mol. The number of rotatable bonds is 2. The first kappa shape index (κ1) is 13.0. The second-order valence-corrected chi connectivity index (χ2v) is 5.07. The average Bonchev–Trinajstić information content (AvgIpc) is 2.53. The Balaban J connectivity index is 1.91. The van der Waals surface area contributed by atoms with Gasteiger partial charge in [-0.05, 0) is 31.4 Å². The van der Waals surface area contributed by atoms with E-state index in [-0.39, 0.29) is 18.6 Å². The Kier molecular flexibility index (Phi) is 3.60. The highest BCUT2D eigenvalue weighted by Gasteiger charge is 2.27. The van der Waals surface area contributed by atoms with Crippen LogP contribution in [-0.2, 0) is 0 Å². The van der Waals surface area contributed by atoms with Crippen LogP contribution in [-0.4, -0.2) is 45.1 Å². The maximum atomic E-state index is 12.5. The number of carbonyl (C=O) groups excluding carboxylic acids is 1. The predicted molar refractivity (Wildman–Crippen MR) is 75.3 cm³/mol. The van der Waals surface area contributed by atoms with E-state index in [9.17, 15) is 9.90 Å². The number of para-hydroxylation sites is 2. The highest BCUT2D eigenvalue weighted by Crippen LogP contribution is 2.19. The lowest BCUT2D eigenvalue weighted by atomic mass is 10.0. The van der Waals surface area contributed by atoms with Gasteiger partial charge in [-0.1, -0.05) is 12.1 Å². The molecule has 3 rings (SSSR count). The molecule has 0 saturated carbocycles. The average molecular weight is 271 g/mol. The van der Waals surface area contributed by atoms with Gasteiger partial charge in [0.25, 0.3) is 5.91 Å². The van der Waals surface area contributed by atoms with E-state index in [1.807, 2.05) is 24.3 Å². The van der Waals surface area contributed by atoms with Crippen molar-refractivity contribution in [2.45, 2.75) is 25.3 Å². The molecule has 1 fully saturated rings. The van der Waals surface area contributed by atoms with E-state index in [2.05, 4.69) is 9.97 Å². The summed E-state index contributed by atoms with van der Waals surface area (Å²) in [7, 11) is 0. The highest BCUT2D eigenvalue weighted by molar-refractivity contribution is 5.94. The Morgan fingerprint density at radius 2 is 2.10 bits per heavy atom. The third-order valence-corrected chi connectivity index (χ3v) is 3.77. The quantitative estimate of drug-likeness (QED) is 0.901. The maximum Gasteiger partial charge on any atom is 0.274 e. The number of likely N-dealkylation sites (tertiary alicyclic amines) is 1. The van der Waals surface area contributed by atoms with Crippen LogP contribution in [0, 0.1) is 0 Å². The van der Waals surface area contributed by atoms with Crippen molar-refractivity contribution in [2.75, 3.05) is 13.2 Å². The standard InChI is InChI=1S/C15H17N3O2/c19-10-11-5-3-4-8-18(11)15(20)14-9-16-12-6-1-2-7-13(12)17-14/h1-2,6-7,9,11,19H,3-5,8,10H2. The largest absolute Gasteiger partial charge is 0.394 e. The zero-order chi connectivity index (χ0) is 13.9. The molecule has 1 amide bonds. The van der Waals surface area contributed by atoms with Crippen LogP contribution in [0.5, 0.6) is 0 Å². The monoisotopic (exact) mass is 271 g/mol. The number of benzene rings is 1. The minimum absolute atomic E-state index is 0.00670. The molecule has 1 N–H and O–H groups in total. The number of piperidine rings is 1. The summed E-state index contributed by atoms with van der Waals surface area (Å²) in [5.74, 6) is -0.137. The van der Waals surface area contributed by atoms with Crippen LogP contribution < -0.4 is 0 Å². The topological polar surface area (TPSA) is 66.3 Å². The summed E-state index contributed by atoms with van der Waals surface area (Å²) in [5.41, 5.74) is 1.85. The second-order valence-electron chi connectivity index (χ2n) is 5.07. The fourth-order valence-corrected chi connectivity index (χ4v) is 2.67. The number of carbonyl (C=O) groups is 1. The molecule has 104 valence electrons. The van der Waals surface area contributed by atoms with Crippen molar-refractivity contribution in [3.63, 3.8) is 0 Å². The first-order valence-corrected chi connectivity index (χ1v) is 6.93. The van der Waals surface area contributed by atoms with E-state index in [0.29, 0.717) is 12.2 Å². The van der Waals surface area contributed by atoms with Crippen molar-refractivity contribution in [3.8, 4) is 0 Å². The van der Waals surface area contributed by atoms with Gasteiger partial charge in [-0.2, -0.15) is 0 Å². The fourth-order valence-electron chi connectivity index (χ4n) is 2.67. The summed E-state index contributed by atoms with van der Waals surface area (Å²) < 4.78 is 0. The molecule has 5 nitrogen and oxygen atoms in total. The Labute approximate surface area is 117 Å². The molecule has 1 unspecified atom stereocenters. The van der Waals surface area contributed by atoms with Gasteiger partial charge in [-0.15, -0.1) is 0 Å². The second kappa shape index (κ2) is 5.54. The van der Waals surface area contributed by atoms with Gasteiger partial charge in [0, 0.05) is 6.54 Å². The van der Waals surface area contributed by atoms with Gasteiger partial charge in [0.05, 0.1) is 29.9 Å². The van der Waals surface area contributed by atoms with Crippen molar-refractivity contribution in [2.24, 2.45) is 0 Å². The molecule has 0 radical (unpaired) electrons. The van der Waals surface area contributed by atoms with Crippen molar-refractivity contribution < 1.29 is 9.90 Å². The number of hydrogen-bond donors (Lipinski definition) is 1. The molecule has 0 spiro atoms. The highest BCUT2D eigenvalue weighted by atomic mass is 16.3. The lowest BCUT2D eigenvalue weighted by Gasteiger charge is -2.34.